The van der Waals surface area contributed by atoms with E-state index >= 15 is 0 Å². The number of carboxylic acids is 1. The first-order valence-corrected chi connectivity index (χ1v) is 8.95. The molecular weight excluding hydrogens is 298 g/mol. The van der Waals surface area contributed by atoms with E-state index in [1.807, 2.05) is 0 Å². The van der Waals surface area contributed by atoms with E-state index < -0.39 is 32.8 Å². The van der Waals surface area contributed by atoms with Crippen LogP contribution in [0.4, 0.5) is 0 Å². The van der Waals surface area contributed by atoms with E-state index in [1.165, 1.54) is 11.6 Å². The minimum absolute atomic E-state index is 0.0614. The first-order chi connectivity index (χ1) is 8.22. The predicted octanol–water partition coefficient (Wildman–Crippen LogP) is 0.492. The van der Waals surface area contributed by atoms with Crippen LogP contribution in [0.1, 0.15) is 17.3 Å². The number of thiophene rings is 1. The Kier molecular flexibility index (Phi) is 5.02. The standard InChI is InChI=1S/C9H13NO5S3/c1-6(5-17(2)13)10-18(14,15)8-3-7(4-16-8)9(11)12/h3-4,6,10H,5H2,1-2H3,(H,11,12). The lowest BCUT2D eigenvalue weighted by Gasteiger charge is -2.11. The normalized spacial score (nSPS) is 15.2. The number of carboxylic acid groups (broad SMARTS) is 1. The fraction of sp³-hybridized carbons (Fsp3) is 0.444. The van der Waals surface area contributed by atoms with Gasteiger partial charge < -0.3 is 5.11 Å². The smallest absolute Gasteiger partial charge is 0.336 e. The maximum absolute atomic E-state index is 11.9. The summed E-state index contributed by atoms with van der Waals surface area (Å²) in [5.74, 6) is -0.966. The first kappa shape index (κ1) is 15.3. The highest BCUT2D eigenvalue weighted by molar-refractivity contribution is 7.91. The van der Waals surface area contributed by atoms with Gasteiger partial charge in [0.1, 0.15) is 4.21 Å². The summed E-state index contributed by atoms with van der Waals surface area (Å²) in [7, 11) is -4.85. The van der Waals surface area contributed by atoms with Gasteiger partial charge in [0.2, 0.25) is 10.0 Å². The van der Waals surface area contributed by atoms with Crippen LogP contribution in [-0.2, 0) is 20.8 Å². The zero-order valence-corrected chi connectivity index (χ0v) is 12.2. The SMILES string of the molecule is CC(CS(C)=O)NS(=O)(=O)c1cc(C(=O)O)cs1. The third-order valence-electron chi connectivity index (χ3n) is 1.93. The van der Waals surface area contributed by atoms with Gasteiger partial charge >= 0.3 is 5.97 Å². The molecule has 0 aliphatic rings. The molecule has 0 aromatic carbocycles. The average Bonchev–Trinajstić information content (AvgIpc) is 2.63. The van der Waals surface area contributed by atoms with Crippen molar-refractivity contribution in [2.45, 2.75) is 17.2 Å². The molecule has 102 valence electrons. The van der Waals surface area contributed by atoms with Crippen LogP contribution in [-0.4, -0.2) is 41.8 Å². The number of sulfonamides is 1. The van der Waals surface area contributed by atoms with Crippen molar-refractivity contribution in [1.29, 1.82) is 0 Å². The minimum atomic E-state index is -3.75. The van der Waals surface area contributed by atoms with E-state index in [0.717, 1.165) is 17.4 Å². The number of hydrogen-bond donors (Lipinski definition) is 2. The second-order valence-electron chi connectivity index (χ2n) is 3.72. The van der Waals surface area contributed by atoms with E-state index in [4.69, 9.17) is 5.11 Å². The monoisotopic (exact) mass is 311 g/mol. The van der Waals surface area contributed by atoms with Crippen molar-refractivity contribution in [1.82, 2.24) is 4.72 Å². The topological polar surface area (TPSA) is 101 Å². The Morgan fingerprint density at radius 1 is 1.61 bits per heavy atom. The molecule has 1 heterocycles. The van der Waals surface area contributed by atoms with Crippen LogP contribution in [0.5, 0.6) is 0 Å². The van der Waals surface area contributed by atoms with Crippen LogP contribution in [0.25, 0.3) is 0 Å². The lowest BCUT2D eigenvalue weighted by atomic mass is 10.4. The molecule has 0 aliphatic heterocycles. The Bertz CT molecular complexity index is 563. The molecule has 0 fully saturated rings. The van der Waals surface area contributed by atoms with E-state index in [9.17, 15) is 17.4 Å². The molecule has 2 N–H and O–H groups in total. The summed E-state index contributed by atoms with van der Waals surface area (Å²) in [5.41, 5.74) is -0.0629. The highest BCUT2D eigenvalue weighted by Gasteiger charge is 2.21. The van der Waals surface area contributed by atoms with Crippen molar-refractivity contribution in [2.75, 3.05) is 12.0 Å². The van der Waals surface area contributed by atoms with Gasteiger partial charge in [-0.15, -0.1) is 11.3 Å². The van der Waals surface area contributed by atoms with Gasteiger partial charge in [0.05, 0.1) is 5.56 Å². The van der Waals surface area contributed by atoms with Crippen molar-refractivity contribution < 1.29 is 22.5 Å². The maximum Gasteiger partial charge on any atom is 0.336 e. The van der Waals surface area contributed by atoms with Crippen LogP contribution in [0.15, 0.2) is 15.7 Å². The molecule has 0 amide bonds. The number of aromatic carboxylic acids is 1. The van der Waals surface area contributed by atoms with Crippen molar-refractivity contribution in [3.63, 3.8) is 0 Å². The van der Waals surface area contributed by atoms with Crippen molar-refractivity contribution in [3.8, 4) is 0 Å². The molecule has 2 unspecified atom stereocenters. The fourth-order valence-corrected chi connectivity index (χ4v) is 4.59. The first-order valence-electron chi connectivity index (χ1n) is 4.86. The third kappa shape index (κ3) is 4.16. The molecular formula is C9H13NO5S3. The fourth-order valence-electron chi connectivity index (χ4n) is 1.28. The van der Waals surface area contributed by atoms with E-state index in [2.05, 4.69) is 4.72 Å². The Hall–Kier alpha value is -0.770. The van der Waals surface area contributed by atoms with Crippen LogP contribution >= 0.6 is 11.3 Å². The molecule has 1 rings (SSSR count). The molecule has 1 aromatic heterocycles. The number of hydrogen-bond acceptors (Lipinski definition) is 5. The van der Waals surface area contributed by atoms with Gasteiger partial charge in [0.25, 0.3) is 0 Å². The molecule has 0 aliphatic carbocycles. The Balaban J connectivity index is 2.85. The largest absolute Gasteiger partial charge is 0.478 e. The highest BCUT2D eigenvalue weighted by Crippen LogP contribution is 2.20. The Labute approximate surface area is 112 Å². The third-order valence-corrected chi connectivity index (χ3v) is 5.93. The van der Waals surface area contributed by atoms with Crippen LogP contribution in [0, 0.1) is 0 Å². The summed E-state index contributed by atoms with van der Waals surface area (Å²) in [6.45, 7) is 1.60. The molecule has 1 aromatic rings. The molecule has 0 saturated carbocycles. The minimum Gasteiger partial charge on any atom is -0.478 e. The van der Waals surface area contributed by atoms with Gasteiger partial charge in [-0.1, -0.05) is 0 Å². The second-order valence-corrected chi connectivity index (χ2v) is 8.05. The van der Waals surface area contributed by atoms with Crippen molar-refractivity contribution >= 4 is 38.1 Å². The summed E-state index contributed by atoms with van der Waals surface area (Å²) < 4.78 is 37.0. The van der Waals surface area contributed by atoms with Crippen molar-refractivity contribution in [2.24, 2.45) is 0 Å². The number of carbonyl (C=O) groups is 1. The van der Waals surface area contributed by atoms with Gasteiger partial charge in [-0.2, -0.15) is 0 Å². The van der Waals surface area contributed by atoms with Gasteiger partial charge in [0.15, 0.2) is 0 Å². The highest BCUT2D eigenvalue weighted by atomic mass is 32.2. The molecule has 9 heteroatoms. The van der Waals surface area contributed by atoms with Crippen molar-refractivity contribution in [3.05, 3.63) is 17.0 Å². The van der Waals surface area contributed by atoms with E-state index in [-0.39, 0.29) is 15.5 Å². The second kappa shape index (κ2) is 5.91. The number of rotatable bonds is 6. The molecule has 0 spiro atoms. The summed E-state index contributed by atoms with van der Waals surface area (Å²) in [5, 5.41) is 9.98. The molecule has 6 nitrogen and oxygen atoms in total. The summed E-state index contributed by atoms with van der Waals surface area (Å²) in [4.78, 5) is 10.7. The van der Waals surface area contributed by atoms with Gasteiger partial charge in [0, 0.05) is 34.2 Å². The Morgan fingerprint density at radius 2 is 2.22 bits per heavy atom. The summed E-state index contributed by atoms with van der Waals surface area (Å²) in [6, 6.07) is 0.626. The maximum atomic E-state index is 11.9. The lowest BCUT2D eigenvalue weighted by molar-refractivity contribution is 0.0697. The molecule has 0 saturated heterocycles. The van der Waals surface area contributed by atoms with Gasteiger partial charge in [-0.05, 0) is 13.0 Å². The van der Waals surface area contributed by atoms with E-state index in [1.54, 1.807) is 6.92 Å². The lowest BCUT2D eigenvalue weighted by Crippen LogP contribution is -2.35. The van der Waals surface area contributed by atoms with Crippen LogP contribution in [0.2, 0.25) is 0 Å². The van der Waals surface area contributed by atoms with Crippen LogP contribution < -0.4 is 4.72 Å². The summed E-state index contributed by atoms with van der Waals surface area (Å²) >= 11 is 0.839. The van der Waals surface area contributed by atoms with Gasteiger partial charge in [-0.25, -0.2) is 17.9 Å². The quantitative estimate of drug-likeness (QED) is 0.796. The molecule has 18 heavy (non-hydrogen) atoms. The molecule has 0 radical (unpaired) electrons. The average molecular weight is 311 g/mol. The zero-order chi connectivity index (χ0) is 13.9. The zero-order valence-electron chi connectivity index (χ0n) is 9.74. The molecule has 0 bridgehead atoms. The predicted molar refractivity (Wildman–Crippen MR) is 70.0 cm³/mol. The number of nitrogens with one attached hydrogen (secondary N) is 1. The van der Waals surface area contributed by atoms with E-state index in [0.29, 0.717) is 0 Å². The molecule has 2 atom stereocenters. The van der Waals surface area contributed by atoms with Crippen LogP contribution in [0.3, 0.4) is 0 Å². The Morgan fingerprint density at radius 3 is 2.67 bits per heavy atom. The summed E-state index contributed by atoms with van der Waals surface area (Å²) in [6.07, 6.45) is 1.48. The van der Waals surface area contributed by atoms with Gasteiger partial charge in [-0.3, -0.25) is 4.21 Å².